The Balaban J connectivity index is 5.48. The molecular formula is C19H36N8O8. The predicted octanol–water partition coefficient (Wildman–Crippen LogP) is -5.07. The van der Waals surface area contributed by atoms with Crippen LogP contribution < -0.4 is 38.9 Å². The molecule has 0 aliphatic heterocycles. The minimum atomic E-state index is -1.58. The van der Waals surface area contributed by atoms with E-state index in [1.54, 1.807) is 0 Å². The van der Waals surface area contributed by atoms with Gasteiger partial charge in [0.05, 0.1) is 12.2 Å². The second-order valence-electron chi connectivity index (χ2n) is 7.91. The monoisotopic (exact) mass is 504 g/mol. The quantitative estimate of drug-likeness (QED) is 0.0538. The van der Waals surface area contributed by atoms with Gasteiger partial charge in [0.2, 0.25) is 23.6 Å². The fourth-order valence-corrected chi connectivity index (χ4v) is 2.72. The van der Waals surface area contributed by atoms with Crippen LogP contribution in [0.15, 0.2) is 4.99 Å². The van der Waals surface area contributed by atoms with Gasteiger partial charge in [0, 0.05) is 13.0 Å². The molecule has 6 atom stereocenters. The highest BCUT2D eigenvalue weighted by atomic mass is 16.4. The second kappa shape index (κ2) is 15.4. The average molecular weight is 505 g/mol. The van der Waals surface area contributed by atoms with Gasteiger partial charge in [-0.2, -0.15) is 0 Å². The molecule has 0 heterocycles. The summed E-state index contributed by atoms with van der Waals surface area (Å²) in [4.78, 5) is 64.1. The molecule has 0 radical (unpaired) electrons. The fourth-order valence-electron chi connectivity index (χ4n) is 2.72. The molecule has 0 aromatic rings. The molecular weight excluding hydrogens is 468 g/mol. The van der Waals surface area contributed by atoms with Crippen molar-refractivity contribution in [2.45, 2.75) is 75.9 Å². The number of carbonyl (C=O) groups excluding carboxylic acids is 4. The van der Waals surface area contributed by atoms with Gasteiger partial charge >= 0.3 is 5.97 Å². The summed E-state index contributed by atoms with van der Waals surface area (Å²) < 4.78 is 0. The van der Waals surface area contributed by atoms with E-state index in [1.807, 2.05) is 0 Å². The molecule has 0 saturated heterocycles. The van der Waals surface area contributed by atoms with Crippen LogP contribution in [0.3, 0.4) is 0 Å². The highest BCUT2D eigenvalue weighted by molar-refractivity contribution is 5.94. The fraction of sp³-hybridized carbons (Fsp3) is 0.684. The summed E-state index contributed by atoms with van der Waals surface area (Å²) in [5, 5.41) is 35.5. The molecule has 0 aliphatic carbocycles. The van der Waals surface area contributed by atoms with Crippen molar-refractivity contribution in [2.75, 3.05) is 6.54 Å². The number of carboxylic acid groups (broad SMARTS) is 1. The van der Waals surface area contributed by atoms with Crippen LogP contribution in [0.1, 0.15) is 39.5 Å². The lowest BCUT2D eigenvalue weighted by atomic mass is 10.1. The summed E-state index contributed by atoms with van der Waals surface area (Å²) in [5.41, 5.74) is 21.0. The van der Waals surface area contributed by atoms with Crippen molar-refractivity contribution in [3.63, 3.8) is 0 Å². The third-order valence-electron chi connectivity index (χ3n) is 4.76. The average Bonchev–Trinajstić information content (AvgIpc) is 2.74. The number of nitrogens with one attached hydrogen (secondary N) is 3. The zero-order valence-electron chi connectivity index (χ0n) is 19.6. The Kier molecular flexibility index (Phi) is 13.9. The van der Waals surface area contributed by atoms with E-state index in [2.05, 4.69) is 20.9 Å². The van der Waals surface area contributed by atoms with Crippen molar-refractivity contribution in [1.82, 2.24) is 16.0 Å². The zero-order valence-corrected chi connectivity index (χ0v) is 19.6. The zero-order chi connectivity index (χ0) is 27.3. The van der Waals surface area contributed by atoms with Gasteiger partial charge in [-0.25, -0.2) is 4.79 Å². The Labute approximate surface area is 201 Å². The number of carboxylic acids is 1. The van der Waals surface area contributed by atoms with Gasteiger partial charge in [0.1, 0.15) is 24.2 Å². The number of aliphatic imine (C=N–C) groups is 1. The Bertz CT molecular complexity index is 785. The number of rotatable bonds is 16. The van der Waals surface area contributed by atoms with Crippen molar-refractivity contribution in [3.05, 3.63) is 0 Å². The van der Waals surface area contributed by atoms with Crippen molar-refractivity contribution in [2.24, 2.45) is 27.9 Å². The minimum absolute atomic E-state index is 0.0437. The van der Waals surface area contributed by atoms with Crippen molar-refractivity contribution in [3.8, 4) is 0 Å². The molecule has 14 N–H and O–H groups in total. The number of nitrogens with zero attached hydrogens (tertiary/aromatic N) is 1. The van der Waals surface area contributed by atoms with Crippen LogP contribution in [0.25, 0.3) is 0 Å². The molecule has 16 heteroatoms. The Morgan fingerprint density at radius 2 is 1.40 bits per heavy atom. The number of carbonyl (C=O) groups is 5. The van der Waals surface area contributed by atoms with E-state index < -0.39 is 66.0 Å². The van der Waals surface area contributed by atoms with E-state index in [-0.39, 0.29) is 38.2 Å². The number of aliphatic hydroxyl groups is 2. The molecule has 0 saturated carbocycles. The number of primary amides is 1. The van der Waals surface area contributed by atoms with E-state index >= 15 is 0 Å². The predicted molar refractivity (Wildman–Crippen MR) is 123 cm³/mol. The van der Waals surface area contributed by atoms with Gasteiger partial charge in [-0.05, 0) is 33.1 Å². The molecule has 0 aromatic heterocycles. The molecule has 0 fully saturated rings. The third kappa shape index (κ3) is 12.5. The summed E-state index contributed by atoms with van der Waals surface area (Å²) in [6.45, 7) is 2.56. The van der Waals surface area contributed by atoms with Gasteiger partial charge in [-0.1, -0.05) is 0 Å². The molecule has 4 amide bonds. The molecule has 0 rings (SSSR count). The van der Waals surface area contributed by atoms with Crippen LogP contribution in [0.5, 0.6) is 0 Å². The molecule has 16 nitrogen and oxygen atoms in total. The summed E-state index contributed by atoms with van der Waals surface area (Å²) in [6, 6.07) is -5.77. The van der Waals surface area contributed by atoms with Crippen molar-refractivity contribution in [1.29, 1.82) is 0 Å². The van der Waals surface area contributed by atoms with E-state index in [4.69, 9.17) is 22.9 Å². The summed E-state index contributed by atoms with van der Waals surface area (Å²) >= 11 is 0. The molecule has 0 aromatic carbocycles. The van der Waals surface area contributed by atoms with E-state index in [0.717, 1.165) is 0 Å². The standard InChI is InChI=1S/C19H36N8O8/c1-8(28)13(21)16(32)27-14(9(2)29)17(33)25-10(5-6-12(20)30)15(31)26-11(18(34)35)4-3-7-24-19(22)23/h8-11,13-14,28-29H,3-7,21H2,1-2H3,(H2,20,30)(H,25,33)(H,26,31)(H,27,32)(H,34,35)(H4,22,23,24). The van der Waals surface area contributed by atoms with Crippen LogP contribution in [0.4, 0.5) is 0 Å². The van der Waals surface area contributed by atoms with E-state index in [9.17, 15) is 39.3 Å². The van der Waals surface area contributed by atoms with Crippen LogP contribution in [-0.2, 0) is 24.0 Å². The van der Waals surface area contributed by atoms with Gasteiger partial charge in [-0.3, -0.25) is 24.2 Å². The maximum atomic E-state index is 12.7. The lowest BCUT2D eigenvalue weighted by Gasteiger charge is -2.26. The van der Waals surface area contributed by atoms with E-state index in [1.165, 1.54) is 13.8 Å². The van der Waals surface area contributed by atoms with Gasteiger partial charge < -0.3 is 54.2 Å². The number of hydrogen-bond donors (Lipinski definition) is 10. The largest absolute Gasteiger partial charge is 0.480 e. The molecule has 0 aliphatic rings. The number of nitrogens with two attached hydrogens (primary N) is 4. The highest BCUT2D eigenvalue weighted by Gasteiger charge is 2.33. The van der Waals surface area contributed by atoms with Crippen LogP contribution in [0, 0.1) is 0 Å². The third-order valence-corrected chi connectivity index (χ3v) is 4.76. The SMILES string of the molecule is CC(O)C(N)C(=O)NC(C(=O)NC(CCC(N)=O)C(=O)NC(CCCN=C(N)N)C(=O)O)C(C)O. The number of amides is 4. The topological polar surface area (TPSA) is 299 Å². The maximum Gasteiger partial charge on any atom is 0.326 e. The summed E-state index contributed by atoms with van der Waals surface area (Å²) in [5.74, 6) is -5.22. The Morgan fingerprint density at radius 3 is 1.86 bits per heavy atom. The number of guanidine groups is 1. The Hall–Kier alpha value is -3.50. The molecule has 0 bridgehead atoms. The molecule has 6 unspecified atom stereocenters. The number of aliphatic carboxylic acids is 1. The van der Waals surface area contributed by atoms with E-state index in [0.29, 0.717) is 0 Å². The first-order valence-electron chi connectivity index (χ1n) is 10.8. The first-order chi connectivity index (χ1) is 16.2. The van der Waals surface area contributed by atoms with Gasteiger partial charge in [0.15, 0.2) is 5.96 Å². The maximum absolute atomic E-state index is 12.7. The first-order valence-corrected chi connectivity index (χ1v) is 10.8. The summed E-state index contributed by atoms with van der Waals surface area (Å²) in [7, 11) is 0. The minimum Gasteiger partial charge on any atom is -0.480 e. The lowest BCUT2D eigenvalue weighted by Crippen LogP contribution is -2.60. The highest BCUT2D eigenvalue weighted by Crippen LogP contribution is 2.05. The molecule has 35 heavy (non-hydrogen) atoms. The van der Waals surface area contributed by atoms with Crippen LogP contribution in [-0.4, -0.2) is 93.8 Å². The smallest absolute Gasteiger partial charge is 0.326 e. The number of aliphatic hydroxyl groups excluding tert-OH is 2. The van der Waals surface area contributed by atoms with Crippen LogP contribution >= 0.6 is 0 Å². The Morgan fingerprint density at radius 1 is 0.829 bits per heavy atom. The lowest BCUT2D eigenvalue weighted by molar-refractivity contribution is -0.142. The number of hydrogen-bond acceptors (Lipinski definition) is 9. The second-order valence-corrected chi connectivity index (χ2v) is 7.91. The van der Waals surface area contributed by atoms with Crippen molar-refractivity contribution < 1.29 is 39.3 Å². The van der Waals surface area contributed by atoms with Gasteiger partial charge in [0.25, 0.3) is 0 Å². The van der Waals surface area contributed by atoms with Crippen LogP contribution in [0.2, 0.25) is 0 Å². The first kappa shape index (κ1) is 31.5. The normalized spacial score (nSPS) is 15.9. The van der Waals surface area contributed by atoms with Gasteiger partial charge in [-0.15, -0.1) is 0 Å². The van der Waals surface area contributed by atoms with Crippen molar-refractivity contribution >= 4 is 35.6 Å². The molecule has 200 valence electrons. The molecule has 0 spiro atoms. The summed E-state index contributed by atoms with van der Waals surface area (Å²) in [6.07, 6.45) is -3.14.